The summed E-state index contributed by atoms with van der Waals surface area (Å²) in [7, 11) is 0. The van der Waals surface area contributed by atoms with Crippen molar-refractivity contribution in [2.24, 2.45) is 5.41 Å². The Kier molecular flexibility index (Phi) is 7.07. The van der Waals surface area contributed by atoms with Gasteiger partial charge in [-0.1, -0.05) is 32.9 Å². The van der Waals surface area contributed by atoms with Gasteiger partial charge in [0.15, 0.2) is 5.78 Å². The van der Waals surface area contributed by atoms with E-state index in [1.165, 1.54) is 10.7 Å². The molecule has 0 saturated carbocycles. The summed E-state index contributed by atoms with van der Waals surface area (Å²) in [6.07, 6.45) is -3.05. The van der Waals surface area contributed by atoms with Gasteiger partial charge in [-0.25, -0.2) is 4.98 Å². The highest BCUT2D eigenvalue weighted by atomic mass is 19.4. The fourth-order valence-corrected chi connectivity index (χ4v) is 4.21. The standard InChI is InChI=1S/C26H28F3N5O3/c1-25(2,3)24(37)33-11-9-32(10-12-33)23(36)16-34-15-18-13-17(7-8-19(18)31-34)14-21(35)20-5-4-6-22(30-20)26(27,28)29/h4-8,13,15H,9-12,14,16H2,1-3H3. The lowest BCUT2D eigenvalue weighted by atomic mass is 9.94. The highest BCUT2D eigenvalue weighted by Crippen LogP contribution is 2.27. The van der Waals surface area contributed by atoms with Gasteiger partial charge in [-0.05, 0) is 29.8 Å². The molecular formula is C26H28F3N5O3. The molecule has 1 aliphatic rings. The molecular weight excluding hydrogens is 487 g/mol. The molecule has 11 heteroatoms. The van der Waals surface area contributed by atoms with E-state index in [2.05, 4.69) is 10.1 Å². The molecule has 0 radical (unpaired) electrons. The number of amides is 2. The van der Waals surface area contributed by atoms with Gasteiger partial charge in [-0.3, -0.25) is 19.1 Å². The second kappa shape index (κ2) is 9.95. The van der Waals surface area contributed by atoms with Gasteiger partial charge in [-0.15, -0.1) is 0 Å². The number of carbonyl (C=O) groups excluding carboxylic acids is 3. The Bertz CT molecular complexity index is 1340. The highest BCUT2D eigenvalue weighted by Gasteiger charge is 2.33. The second-order valence-corrected chi connectivity index (χ2v) is 10.1. The summed E-state index contributed by atoms with van der Waals surface area (Å²) in [5.41, 5.74) is -0.597. The molecule has 0 atom stereocenters. The van der Waals surface area contributed by atoms with Crippen molar-refractivity contribution in [1.82, 2.24) is 24.6 Å². The van der Waals surface area contributed by atoms with Crippen molar-refractivity contribution < 1.29 is 27.6 Å². The van der Waals surface area contributed by atoms with Crippen LogP contribution in [0.15, 0.2) is 42.6 Å². The minimum Gasteiger partial charge on any atom is -0.339 e. The van der Waals surface area contributed by atoms with Crippen LogP contribution in [0.2, 0.25) is 0 Å². The third-order valence-electron chi connectivity index (χ3n) is 6.16. The lowest BCUT2D eigenvalue weighted by Crippen LogP contribution is -2.53. The van der Waals surface area contributed by atoms with Crippen LogP contribution >= 0.6 is 0 Å². The maximum atomic E-state index is 12.9. The lowest BCUT2D eigenvalue weighted by Gasteiger charge is -2.37. The number of carbonyl (C=O) groups is 3. The van der Waals surface area contributed by atoms with Gasteiger partial charge in [0.2, 0.25) is 11.8 Å². The Morgan fingerprint density at radius 2 is 1.62 bits per heavy atom. The van der Waals surface area contributed by atoms with Crippen molar-refractivity contribution in [1.29, 1.82) is 0 Å². The fourth-order valence-electron chi connectivity index (χ4n) is 4.21. The van der Waals surface area contributed by atoms with Crippen LogP contribution < -0.4 is 0 Å². The van der Waals surface area contributed by atoms with E-state index in [1.54, 1.807) is 34.2 Å². The number of rotatable bonds is 5. The minimum atomic E-state index is -4.63. The van der Waals surface area contributed by atoms with E-state index in [9.17, 15) is 27.6 Å². The lowest BCUT2D eigenvalue weighted by molar-refractivity contribution is -0.145. The number of hydrogen-bond donors (Lipinski definition) is 0. The first-order valence-corrected chi connectivity index (χ1v) is 11.9. The first-order valence-electron chi connectivity index (χ1n) is 11.9. The molecule has 0 N–H and O–H groups in total. The number of hydrogen-bond acceptors (Lipinski definition) is 5. The molecule has 2 amide bonds. The van der Waals surface area contributed by atoms with Gasteiger partial charge in [0.05, 0.1) is 5.52 Å². The van der Waals surface area contributed by atoms with Crippen molar-refractivity contribution in [3.63, 3.8) is 0 Å². The maximum absolute atomic E-state index is 12.9. The van der Waals surface area contributed by atoms with Crippen LogP contribution in [-0.2, 0) is 28.7 Å². The average Bonchev–Trinajstić information content (AvgIpc) is 3.24. The van der Waals surface area contributed by atoms with E-state index < -0.39 is 23.1 Å². The van der Waals surface area contributed by atoms with Gasteiger partial charge in [0.25, 0.3) is 0 Å². The quantitative estimate of drug-likeness (QED) is 0.485. The molecule has 8 nitrogen and oxygen atoms in total. The number of Topliss-reactive ketones (excluding diaryl/α,β-unsaturated/α-hetero) is 1. The summed E-state index contributed by atoms with van der Waals surface area (Å²) in [5, 5.41) is 5.13. The zero-order chi connectivity index (χ0) is 27.0. The van der Waals surface area contributed by atoms with Gasteiger partial charge < -0.3 is 9.80 Å². The Labute approximate surface area is 212 Å². The van der Waals surface area contributed by atoms with Crippen molar-refractivity contribution in [2.75, 3.05) is 26.2 Å². The molecule has 0 bridgehead atoms. The number of alkyl halides is 3. The van der Waals surface area contributed by atoms with Gasteiger partial charge in [0, 0.05) is 49.6 Å². The Morgan fingerprint density at radius 3 is 2.27 bits per heavy atom. The summed E-state index contributed by atoms with van der Waals surface area (Å²) >= 11 is 0. The minimum absolute atomic E-state index is 0.0321. The third kappa shape index (κ3) is 6.15. The molecule has 196 valence electrons. The number of pyridine rings is 1. The van der Waals surface area contributed by atoms with Crippen LogP contribution in [0.25, 0.3) is 10.9 Å². The molecule has 3 heterocycles. The van der Waals surface area contributed by atoms with Crippen molar-refractivity contribution in [3.05, 3.63) is 59.5 Å². The summed E-state index contributed by atoms with van der Waals surface area (Å²) < 4.78 is 40.3. The van der Waals surface area contributed by atoms with Crippen LogP contribution in [0.3, 0.4) is 0 Å². The number of benzene rings is 1. The first kappa shape index (κ1) is 26.3. The molecule has 0 spiro atoms. The molecule has 0 unspecified atom stereocenters. The summed E-state index contributed by atoms with van der Waals surface area (Å²) in [5.74, 6) is -0.574. The predicted molar refractivity (Wildman–Crippen MR) is 130 cm³/mol. The Morgan fingerprint density at radius 1 is 0.946 bits per heavy atom. The Hall–Kier alpha value is -3.76. The summed E-state index contributed by atoms with van der Waals surface area (Å²) in [4.78, 5) is 44.8. The topological polar surface area (TPSA) is 88.4 Å². The van der Waals surface area contributed by atoms with Crippen molar-refractivity contribution in [3.8, 4) is 0 Å². The zero-order valence-corrected chi connectivity index (χ0v) is 20.9. The number of nitrogens with zero attached hydrogens (tertiary/aromatic N) is 5. The van der Waals surface area contributed by atoms with E-state index in [1.807, 2.05) is 20.8 Å². The van der Waals surface area contributed by atoms with E-state index >= 15 is 0 Å². The van der Waals surface area contributed by atoms with Crippen LogP contribution in [0.5, 0.6) is 0 Å². The smallest absolute Gasteiger partial charge is 0.339 e. The van der Waals surface area contributed by atoms with E-state index in [0.29, 0.717) is 42.6 Å². The van der Waals surface area contributed by atoms with Gasteiger partial charge in [-0.2, -0.15) is 18.3 Å². The molecule has 1 aliphatic heterocycles. The second-order valence-electron chi connectivity index (χ2n) is 10.1. The summed E-state index contributed by atoms with van der Waals surface area (Å²) in [6, 6.07) is 8.36. The number of fused-ring (bicyclic) bond motifs is 1. The fraction of sp³-hybridized carbons (Fsp3) is 0.423. The first-order chi connectivity index (χ1) is 17.3. The van der Waals surface area contributed by atoms with Crippen LogP contribution in [0, 0.1) is 5.41 Å². The average molecular weight is 516 g/mol. The molecule has 2 aromatic heterocycles. The number of aromatic nitrogens is 3. The Balaban J connectivity index is 1.38. The normalized spacial score (nSPS) is 14.8. The molecule has 37 heavy (non-hydrogen) atoms. The summed E-state index contributed by atoms with van der Waals surface area (Å²) in [6.45, 7) is 7.54. The predicted octanol–water partition coefficient (Wildman–Crippen LogP) is 3.59. The van der Waals surface area contributed by atoms with Crippen LogP contribution in [0.1, 0.15) is 42.5 Å². The SMILES string of the molecule is CC(C)(C)C(=O)N1CCN(C(=O)Cn2cc3cc(CC(=O)c4cccc(C(F)(F)F)n4)ccc3n2)CC1. The molecule has 1 fully saturated rings. The monoisotopic (exact) mass is 515 g/mol. The maximum Gasteiger partial charge on any atom is 0.433 e. The van der Waals surface area contributed by atoms with E-state index in [4.69, 9.17) is 0 Å². The molecule has 0 aliphatic carbocycles. The van der Waals surface area contributed by atoms with Crippen molar-refractivity contribution >= 4 is 28.5 Å². The molecule has 3 aromatic rings. The highest BCUT2D eigenvalue weighted by molar-refractivity contribution is 5.96. The van der Waals surface area contributed by atoms with Gasteiger partial charge in [0.1, 0.15) is 17.9 Å². The molecule has 4 rings (SSSR count). The molecule has 1 aromatic carbocycles. The molecule has 1 saturated heterocycles. The van der Waals surface area contributed by atoms with Crippen LogP contribution in [0.4, 0.5) is 13.2 Å². The van der Waals surface area contributed by atoms with Crippen molar-refractivity contribution in [2.45, 2.75) is 39.9 Å². The third-order valence-corrected chi connectivity index (χ3v) is 6.16. The number of piperazine rings is 1. The van der Waals surface area contributed by atoms with Gasteiger partial charge >= 0.3 is 6.18 Å². The number of ketones is 1. The van der Waals surface area contributed by atoms with E-state index in [0.717, 1.165) is 12.1 Å². The number of halogens is 3. The van der Waals surface area contributed by atoms with Crippen LogP contribution in [-0.4, -0.2) is 68.3 Å². The zero-order valence-electron chi connectivity index (χ0n) is 20.9. The van der Waals surface area contributed by atoms with E-state index in [-0.39, 0.29) is 30.5 Å². The largest absolute Gasteiger partial charge is 0.433 e.